The topological polar surface area (TPSA) is 92.9 Å². The molecule has 0 fully saturated rings. The number of hydrogen-bond donors (Lipinski definition) is 2. The van der Waals surface area contributed by atoms with Crippen LogP contribution in [-0.2, 0) is 0 Å². The van der Waals surface area contributed by atoms with E-state index in [0.717, 1.165) is 16.8 Å². The fraction of sp³-hybridized carbons (Fsp3) is 0. The van der Waals surface area contributed by atoms with E-state index in [1.54, 1.807) is 24.5 Å². The average molecular weight is 331 g/mol. The van der Waals surface area contributed by atoms with Gasteiger partial charge in [0.2, 0.25) is 0 Å². The second kappa shape index (κ2) is 6.04. The van der Waals surface area contributed by atoms with Crippen molar-refractivity contribution < 1.29 is 5.21 Å². The van der Waals surface area contributed by atoms with Gasteiger partial charge < -0.3 is 10.5 Å². The number of nitrogens with one attached hydrogen (secondary N) is 1. The summed E-state index contributed by atoms with van der Waals surface area (Å²) in [5, 5.41) is 13.4. The highest BCUT2D eigenvalue weighted by atomic mass is 16.5. The van der Waals surface area contributed by atoms with Crippen molar-refractivity contribution in [3.63, 3.8) is 0 Å². The number of anilines is 2. The molecule has 0 saturated heterocycles. The molecule has 4 rings (SSSR count). The summed E-state index contributed by atoms with van der Waals surface area (Å²) in [5.74, 6) is 0.340. The molecule has 1 aromatic carbocycles. The minimum Gasteiger partial charge on any atom is -0.422 e. The van der Waals surface area contributed by atoms with E-state index >= 15 is 0 Å². The molecule has 0 saturated carbocycles. The van der Waals surface area contributed by atoms with Gasteiger partial charge in [-0.05, 0) is 41.5 Å². The molecule has 0 amide bonds. The van der Waals surface area contributed by atoms with Gasteiger partial charge in [-0.1, -0.05) is 18.2 Å². The van der Waals surface area contributed by atoms with Crippen molar-refractivity contribution >= 4 is 22.5 Å². The van der Waals surface area contributed by atoms with E-state index < -0.39 is 5.69 Å². The molecule has 25 heavy (non-hydrogen) atoms. The van der Waals surface area contributed by atoms with E-state index in [0.29, 0.717) is 15.9 Å². The Balaban J connectivity index is 1.70. The summed E-state index contributed by atoms with van der Waals surface area (Å²) in [4.78, 5) is 23.8. The number of hydrogen-bond acceptors (Lipinski definition) is 6. The Kier molecular flexibility index (Phi) is 3.59. The van der Waals surface area contributed by atoms with Crippen LogP contribution >= 0.6 is 0 Å². The summed E-state index contributed by atoms with van der Waals surface area (Å²) in [6.45, 7) is 0. The third kappa shape index (κ3) is 2.78. The standard InChI is InChI=1S/C18H13N5O2/c24-18-22-16(15-4-2-10-20-17(15)23(18)25)21-14-7-5-12(6-8-14)13-3-1-9-19-11-13/h1-11,25H,(H,21,22,24). The first-order chi connectivity index (χ1) is 12.2. The molecule has 0 unspecified atom stereocenters. The van der Waals surface area contributed by atoms with Crippen LogP contribution in [0.4, 0.5) is 11.5 Å². The van der Waals surface area contributed by atoms with Gasteiger partial charge in [-0.15, -0.1) is 4.73 Å². The van der Waals surface area contributed by atoms with E-state index in [9.17, 15) is 10.0 Å². The first kappa shape index (κ1) is 14.8. The molecule has 7 nitrogen and oxygen atoms in total. The van der Waals surface area contributed by atoms with Crippen LogP contribution in [0, 0.1) is 0 Å². The normalized spacial score (nSPS) is 10.7. The van der Waals surface area contributed by atoms with Gasteiger partial charge in [-0.25, -0.2) is 9.78 Å². The van der Waals surface area contributed by atoms with Crippen molar-refractivity contribution in [3.05, 3.63) is 77.6 Å². The Morgan fingerprint density at radius 3 is 2.52 bits per heavy atom. The number of benzene rings is 1. The van der Waals surface area contributed by atoms with Crippen molar-refractivity contribution in [2.45, 2.75) is 0 Å². The molecule has 4 aromatic rings. The summed E-state index contributed by atoms with van der Waals surface area (Å²) < 4.78 is 0.437. The molecule has 2 N–H and O–H groups in total. The quantitative estimate of drug-likeness (QED) is 0.561. The highest BCUT2D eigenvalue weighted by Crippen LogP contribution is 2.24. The maximum absolute atomic E-state index is 11.8. The van der Waals surface area contributed by atoms with Crippen LogP contribution in [0.2, 0.25) is 0 Å². The Labute approximate surface area is 142 Å². The van der Waals surface area contributed by atoms with Crippen molar-refractivity contribution in [1.29, 1.82) is 0 Å². The molecule has 0 aliphatic heterocycles. The second-order valence-electron chi connectivity index (χ2n) is 5.37. The maximum atomic E-state index is 11.8. The average Bonchev–Trinajstić information content (AvgIpc) is 2.67. The molecule has 0 aliphatic carbocycles. The minimum atomic E-state index is -0.791. The van der Waals surface area contributed by atoms with Gasteiger partial charge in [0.05, 0.1) is 5.39 Å². The summed E-state index contributed by atoms with van der Waals surface area (Å²) in [6, 6.07) is 15.0. The van der Waals surface area contributed by atoms with Crippen LogP contribution in [-0.4, -0.2) is 24.9 Å². The van der Waals surface area contributed by atoms with Crippen LogP contribution in [0.25, 0.3) is 22.2 Å². The molecular weight excluding hydrogens is 318 g/mol. The minimum absolute atomic E-state index is 0.150. The molecule has 7 heteroatoms. The van der Waals surface area contributed by atoms with Crippen LogP contribution in [0.15, 0.2) is 71.9 Å². The lowest BCUT2D eigenvalue weighted by Gasteiger charge is -2.10. The lowest BCUT2D eigenvalue weighted by atomic mass is 10.1. The predicted octanol–water partition coefficient (Wildman–Crippen LogP) is 2.83. The van der Waals surface area contributed by atoms with Crippen LogP contribution < -0.4 is 11.0 Å². The van der Waals surface area contributed by atoms with Crippen LogP contribution in [0.5, 0.6) is 0 Å². The molecule has 3 aromatic heterocycles. The van der Waals surface area contributed by atoms with Crippen LogP contribution in [0.1, 0.15) is 0 Å². The van der Waals surface area contributed by atoms with Gasteiger partial charge >= 0.3 is 5.69 Å². The zero-order valence-electron chi connectivity index (χ0n) is 13.0. The number of nitrogens with zero attached hydrogens (tertiary/aromatic N) is 4. The number of rotatable bonds is 3. The molecule has 0 bridgehead atoms. The first-order valence-corrected chi connectivity index (χ1v) is 7.57. The fourth-order valence-electron chi connectivity index (χ4n) is 2.56. The van der Waals surface area contributed by atoms with E-state index in [4.69, 9.17) is 0 Å². The van der Waals surface area contributed by atoms with Gasteiger partial charge in [0.15, 0.2) is 5.65 Å². The van der Waals surface area contributed by atoms with E-state index in [-0.39, 0.29) is 5.65 Å². The zero-order valence-corrected chi connectivity index (χ0v) is 13.0. The third-order valence-corrected chi connectivity index (χ3v) is 3.77. The molecule has 0 radical (unpaired) electrons. The molecule has 3 heterocycles. The maximum Gasteiger partial charge on any atom is 0.384 e. The monoisotopic (exact) mass is 331 g/mol. The summed E-state index contributed by atoms with van der Waals surface area (Å²) in [5.41, 5.74) is 2.17. The predicted molar refractivity (Wildman–Crippen MR) is 93.9 cm³/mol. The van der Waals surface area contributed by atoms with Gasteiger partial charge in [-0.2, -0.15) is 4.98 Å². The van der Waals surface area contributed by atoms with Gasteiger partial charge in [0.1, 0.15) is 5.82 Å². The smallest absolute Gasteiger partial charge is 0.384 e. The van der Waals surface area contributed by atoms with E-state index in [2.05, 4.69) is 20.3 Å². The molecule has 0 spiro atoms. The van der Waals surface area contributed by atoms with Gasteiger partial charge in [-0.3, -0.25) is 4.98 Å². The number of aromatic nitrogens is 4. The number of pyridine rings is 2. The number of fused-ring (bicyclic) bond motifs is 1. The Morgan fingerprint density at radius 2 is 1.76 bits per heavy atom. The van der Waals surface area contributed by atoms with Crippen molar-refractivity contribution in [1.82, 2.24) is 19.7 Å². The molecular formula is C18H13N5O2. The summed E-state index contributed by atoms with van der Waals surface area (Å²) in [6.07, 6.45) is 5.03. The molecule has 0 aliphatic rings. The zero-order chi connectivity index (χ0) is 17.2. The largest absolute Gasteiger partial charge is 0.422 e. The van der Waals surface area contributed by atoms with Crippen LogP contribution in [0.3, 0.4) is 0 Å². The van der Waals surface area contributed by atoms with E-state index in [1.165, 1.54) is 6.20 Å². The third-order valence-electron chi connectivity index (χ3n) is 3.77. The lowest BCUT2D eigenvalue weighted by molar-refractivity contribution is 0.182. The second-order valence-corrected chi connectivity index (χ2v) is 5.37. The summed E-state index contributed by atoms with van der Waals surface area (Å²) >= 11 is 0. The van der Waals surface area contributed by atoms with Crippen molar-refractivity contribution in [2.24, 2.45) is 0 Å². The SMILES string of the molecule is O=c1nc(Nc2ccc(-c3cccnc3)cc2)c2cccnc2n1O. The van der Waals surface area contributed by atoms with E-state index in [1.807, 2.05) is 36.4 Å². The Hall–Kier alpha value is -3.74. The Bertz CT molecular complexity index is 1090. The van der Waals surface area contributed by atoms with Crippen molar-refractivity contribution in [3.8, 4) is 11.1 Å². The van der Waals surface area contributed by atoms with Crippen molar-refractivity contribution in [2.75, 3.05) is 5.32 Å². The van der Waals surface area contributed by atoms with Gasteiger partial charge in [0, 0.05) is 24.3 Å². The highest BCUT2D eigenvalue weighted by molar-refractivity contribution is 5.88. The summed E-state index contributed by atoms with van der Waals surface area (Å²) in [7, 11) is 0. The lowest BCUT2D eigenvalue weighted by Crippen LogP contribution is -2.23. The van der Waals surface area contributed by atoms with Gasteiger partial charge in [0.25, 0.3) is 0 Å². The first-order valence-electron chi connectivity index (χ1n) is 7.57. The highest BCUT2D eigenvalue weighted by Gasteiger charge is 2.10. The fourth-order valence-corrected chi connectivity index (χ4v) is 2.56. The Morgan fingerprint density at radius 1 is 0.960 bits per heavy atom. The molecule has 122 valence electrons. The molecule has 0 atom stereocenters.